The van der Waals surface area contributed by atoms with Crippen LogP contribution in [-0.4, -0.2) is 82.8 Å². The second-order valence-electron chi connectivity index (χ2n) is 14.2. The Hall–Kier alpha value is -5.41. The molecule has 13 nitrogen and oxygen atoms in total. The minimum Gasteiger partial charge on any atom is -0.492 e. The fourth-order valence-electron chi connectivity index (χ4n) is 6.56. The maximum atomic E-state index is 11.0. The van der Waals surface area contributed by atoms with Gasteiger partial charge in [0.05, 0.1) is 40.8 Å². The summed E-state index contributed by atoms with van der Waals surface area (Å²) in [6, 6.07) is 23.1. The summed E-state index contributed by atoms with van der Waals surface area (Å²) < 4.78 is 18.5. The zero-order valence-electron chi connectivity index (χ0n) is 33.6. The number of halogens is 2. The Morgan fingerprint density at radius 2 is 1.35 bits per heavy atom. The van der Waals surface area contributed by atoms with Crippen LogP contribution in [0.1, 0.15) is 40.7 Å². The third kappa shape index (κ3) is 13.0. The molecule has 0 saturated heterocycles. The van der Waals surface area contributed by atoms with E-state index in [2.05, 4.69) is 46.9 Å². The number of carbonyl (C=O) groups is 2. The van der Waals surface area contributed by atoms with E-state index in [1.165, 1.54) is 0 Å². The third-order valence-corrected chi connectivity index (χ3v) is 10.3. The fraction of sp³-hybridized carbons (Fsp3) is 0.311. The van der Waals surface area contributed by atoms with Crippen LogP contribution in [0.4, 0.5) is 5.69 Å². The van der Waals surface area contributed by atoms with Crippen molar-refractivity contribution in [3.05, 3.63) is 123 Å². The minimum absolute atomic E-state index is 0.0641. The number of nitrogens with zero attached hydrogens (tertiary/aromatic N) is 1. The molecule has 15 heteroatoms. The van der Waals surface area contributed by atoms with Crippen LogP contribution in [0, 0.1) is 13.8 Å². The van der Waals surface area contributed by atoms with Crippen LogP contribution in [0.5, 0.6) is 17.2 Å². The molecule has 5 rings (SSSR count). The first-order valence-electron chi connectivity index (χ1n) is 19.3. The smallest absolute Gasteiger partial charge is 0.306 e. The monoisotopic (exact) mass is 860 g/mol. The number of aliphatic hydroxyl groups excluding tert-OH is 2. The van der Waals surface area contributed by atoms with Crippen LogP contribution in [0.25, 0.3) is 22.3 Å². The van der Waals surface area contributed by atoms with Gasteiger partial charge in [-0.05, 0) is 77.6 Å². The van der Waals surface area contributed by atoms with E-state index in [9.17, 15) is 19.8 Å². The second kappa shape index (κ2) is 22.3. The summed E-state index contributed by atoms with van der Waals surface area (Å²) in [6.45, 7) is 5.75. The Labute approximate surface area is 359 Å². The zero-order valence-corrected chi connectivity index (χ0v) is 35.1. The lowest BCUT2D eigenvalue weighted by Gasteiger charge is -2.19. The van der Waals surface area contributed by atoms with Gasteiger partial charge in [0.15, 0.2) is 0 Å². The van der Waals surface area contributed by atoms with Crippen molar-refractivity contribution in [1.82, 2.24) is 15.6 Å². The van der Waals surface area contributed by atoms with Crippen LogP contribution >= 0.6 is 23.2 Å². The highest BCUT2D eigenvalue weighted by Crippen LogP contribution is 2.39. The highest BCUT2D eigenvalue weighted by Gasteiger charge is 2.17. The van der Waals surface area contributed by atoms with E-state index < -0.39 is 24.1 Å². The number of hydrogen-bond donors (Lipinski definition) is 7. The summed E-state index contributed by atoms with van der Waals surface area (Å²) in [5.74, 6) is -0.635. The molecule has 0 saturated carbocycles. The summed E-state index contributed by atoms with van der Waals surface area (Å²) >= 11 is 13.6. The van der Waals surface area contributed by atoms with Crippen molar-refractivity contribution in [3.63, 3.8) is 0 Å². The Bertz CT molecular complexity index is 2260. The number of carboxylic acid groups (broad SMARTS) is 2. The Morgan fingerprint density at radius 3 is 2.03 bits per heavy atom. The number of aliphatic hydroxyl groups is 2. The van der Waals surface area contributed by atoms with Crippen LogP contribution in [0.3, 0.4) is 0 Å². The number of aliphatic carboxylic acids is 2. The summed E-state index contributed by atoms with van der Waals surface area (Å²) in [5, 5.41) is 47.6. The van der Waals surface area contributed by atoms with Gasteiger partial charge >= 0.3 is 11.9 Å². The lowest BCUT2D eigenvalue weighted by atomic mass is 9.89. The van der Waals surface area contributed by atoms with Gasteiger partial charge in [-0.2, -0.15) is 0 Å². The number of anilines is 1. The molecule has 0 bridgehead atoms. The third-order valence-electron chi connectivity index (χ3n) is 9.72. The molecule has 0 aliphatic carbocycles. The molecule has 7 N–H and O–H groups in total. The van der Waals surface area contributed by atoms with Crippen LogP contribution < -0.4 is 30.2 Å². The molecule has 318 valence electrons. The Balaban J connectivity index is 1.30. The minimum atomic E-state index is -1.09. The predicted molar refractivity (Wildman–Crippen MR) is 232 cm³/mol. The Kier molecular flexibility index (Phi) is 16.9. The number of pyridine rings is 1. The first-order chi connectivity index (χ1) is 28.8. The summed E-state index contributed by atoms with van der Waals surface area (Å²) in [6.07, 6.45) is 0.698. The largest absolute Gasteiger partial charge is 0.492 e. The van der Waals surface area contributed by atoms with E-state index in [4.69, 9.17) is 47.6 Å². The van der Waals surface area contributed by atoms with Gasteiger partial charge < -0.3 is 50.6 Å². The van der Waals surface area contributed by atoms with Gasteiger partial charge in [0.2, 0.25) is 0 Å². The Morgan fingerprint density at radius 1 is 0.700 bits per heavy atom. The number of rotatable bonds is 23. The zero-order chi connectivity index (χ0) is 43.2. The van der Waals surface area contributed by atoms with Gasteiger partial charge in [-0.1, -0.05) is 59.6 Å². The maximum Gasteiger partial charge on any atom is 0.306 e. The number of nitrogens with one attached hydrogen (secondary N) is 3. The first kappa shape index (κ1) is 45.7. The molecule has 2 atom stereocenters. The SMILES string of the molecule is CNc1cncc(COc2cc(OCc3cccc(-c4cccc(-c5ccc(OCCNC[C@@H](O)CC(=O)O)cc5Cl)c4C)c3C)c(Cl)cc2CNC[C@@H](O)CC(=O)O)c1. The van der Waals surface area contributed by atoms with Gasteiger partial charge in [-0.15, -0.1) is 0 Å². The van der Waals surface area contributed by atoms with E-state index in [-0.39, 0.29) is 45.7 Å². The molecule has 0 aliphatic rings. The van der Waals surface area contributed by atoms with Gasteiger partial charge in [-0.3, -0.25) is 14.6 Å². The molecule has 0 radical (unpaired) electrons. The second-order valence-corrected chi connectivity index (χ2v) is 15.0. The van der Waals surface area contributed by atoms with Crippen molar-refractivity contribution in [2.45, 2.75) is 58.7 Å². The van der Waals surface area contributed by atoms with Crippen molar-refractivity contribution in [2.75, 3.05) is 38.6 Å². The average molecular weight is 862 g/mol. The van der Waals surface area contributed by atoms with Crippen molar-refractivity contribution < 1.29 is 44.2 Å². The molecule has 0 aliphatic heterocycles. The van der Waals surface area contributed by atoms with Gasteiger partial charge in [0.25, 0.3) is 0 Å². The van der Waals surface area contributed by atoms with Crippen LogP contribution in [0.15, 0.2) is 85.2 Å². The number of carboxylic acids is 2. The topological polar surface area (TPSA) is 192 Å². The highest BCUT2D eigenvalue weighted by molar-refractivity contribution is 6.33. The molecule has 60 heavy (non-hydrogen) atoms. The molecule has 1 aromatic heterocycles. The summed E-state index contributed by atoms with van der Waals surface area (Å²) in [4.78, 5) is 26.0. The van der Waals surface area contributed by atoms with E-state index in [1.54, 1.807) is 30.6 Å². The fourth-order valence-corrected chi connectivity index (χ4v) is 7.08. The molecule has 0 amide bonds. The van der Waals surface area contributed by atoms with Crippen molar-refractivity contribution in [2.24, 2.45) is 0 Å². The molecule has 1 heterocycles. The molecule has 0 spiro atoms. The standard InChI is InChI=1S/C45H50Cl2N4O9/c1-27-30(26-60-43-19-42(59-25-29-14-32(48-3)22-50-20-29)31(15-41(43)47)21-51-24-34(53)17-45(56)57)6-4-7-36(27)37-8-5-9-38(28(37)2)39-11-10-35(18-40(39)46)58-13-12-49-23-33(52)16-44(54)55/h4-11,14-15,18-20,22,33-34,48-49,51-53H,12-13,16-17,21,23-26H2,1-3H3,(H,54,55)(H,56,57)/t33-,34-/m0/s1. The molecule has 0 fully saturated rings. The molecular formula is C45H50Cl2N4O9. The number of hydrogen-bond acceptors (Lipinski definition) is 11. The summed E-state index contributed by atoms with van der Waals surface area (Å²) in [7, 11) is 1.81. The van der Waals surface area contributed by atoms with Crippen LogP contribution in [-0.2, 0) is 29.3 Å². The van der Waals surface area contributed by atoms with Crippen molar-refractivity contribution in [3.8, 4) is 39.5 Å². The van der Waals surface area contributed by atoms with Crippen molar-refractivity contribution >= 4 is 40.8 Å². The number of ether oxygens (including phenoxy) is 3. The molecule has 0 unspecified atom stereocenters. The molecular weight excluding hydrogens is 811 g/mol. The van der Waals surface area contributed by atoms with E-state index in [0.29, 0.717) is 46.0 Å². The van der Waals surface area contributed by atoms with Gasteiger partial charge in [-0.25, -0.2) is 0 Å². The number of benzene rings is 4. The van der Waals surface area contributed by atoms with Crippen molar-refractivity contribution in [1.29, 1.82) is 0 Å². The van der Waals surface area contributed by atoms with E-state index in [0.717, 1.165) is 50.2 Å². The molecule has 4 aromatic carbocycles. The van der Waals surface area contributed by atoms with Gasteiger partial charge in [0, 0.05) is 68.4 Å². The van der Waals surface area contributed by atoms with Crippen LogP contribution in [0.2, 0.25) is 10.0 Å². The highest BCUT2D eigenvalue weighted by atomic mass is 35.5. The predicted octanol–water partition coefficient (Wildman–Crippen LogP) is 7.27. The van der Waals surface area contributed by atoms with E-state index >= 15 is 0 Å². The normalized spacial score (nSPS) is 12.1. The first-order valence-corrected chi connectivity index (χ1v) is 20.1. The lowest BCUT2D eigenvalue weighted by Crippen LogP contribution is -2.31. The lowest BCUT2D eigenvalue weighted by molar-refractivity contribution is -0.140. The average Bonchev–Trinajstić information content (AvgIpc) is 3.20. The summed E-state index contributed by atoms with van der Waals surface area (Å²) in [5.41, 5.74) is 9.29. The number of aromatic nitrogens is 1. The maximum absolute atomic E-state index is 11.0. The van der Waals surface area contributed by atoms with Gasteiger partial charge in [0.1, 0.15) is 37.1 Å². The van der Waals surface area contributed by atoms with E-state index in [1.807, 2.05) is 49.5 Å². The quantitative estimate of drug-likeness (QED) is 0.0325. The molecule has 5 aromatic rings.